The van der Waals surface area contributed by atoms with Crippen molar-refractivity contribution in [3.63, 3.8) is 0 Å². The third-order valence-electron chi connectivity index (χ3n) is 2.24. The van der Waals surface area contributed by atoms with Crippen LogP contribution in [0.5, 0.6) is 0 Å². The molecule has 2 aromatic rings. The zero-order valence-electron chi connectivity index (χ0n) is 9.65. The normalized spacial score (nSPS) is 11.4. The molecule has 0 aliphatic carbocycles. The minimum Gasteiger partial charge on any atom is -0.290 e. The summed E-state index contributed by atoms with van der Waals surface area (Å²) in [6.45, 7) is 0. The molecular formula is C10H7ClF3N5O. The number of hydrogen-bond acceptors (Lipinski definition) is 5. The fraction of sp³-hybridized carbons (Fsp3) is 0.100. The number of hydrogen-bond donors (Lipinski definition) is 2. The number of benzene rings is 1. The smallest absolute Gasteiger partial charge is 0.290 e. The van der Waals surface area contributed by atoms with E-state index in [1.54, 1.807) is 0 Å². The second-order valence-corrected chi connectivity index (χ2v) is 4.08. The number of anilines is 1. The van der Waals surface area contributed by atoms with Crippen LogP contribution < -0.4 is 16.5 Å². The lowest BCUT2D eigenvalue weighted by atomic mass is 10.2. The van der Waals surface area contributed by atoms with E-state index >= 15 is 0 Å². The molecule has 10 heteroatoms. The van der Waals surface area contributed by atoms with Crippen molar-refractivity contribution in [3.8, 4) is 11.4 Å². The molecule has 3 N–H and O–H groups in total. The van der Waals surface area contributed by atoms with Crippen LogP contribution in [0.3, 0.4) is 0 Å². The summed E-state index contributed by atoms with van der Waals surface area (Å²) in [7, 11) is 0. The number of aromatic nitrogens is 3. The molecule has 0 amide bonds. The molecule has 0 aliphatic heterocycles. The Balaban J connectivity index is 2.49. The predicted molar refractivity (Wildman–Crippen MR) is 65.8 cm³/mol. The van der Waals surface area contributed by atoms with Gasteiger partial charge in [-0.05, 0) is 24.3 Å². The molecule has 106 valence electrons. The third kappa shape index (κ3) is 3.06. The van der Waals surface area contributed by atoms with Crippen LogP contribution in [-0.2, 0) is 0 Å². The van der Waals surface area contributed by atoms with Crippen molar-refractivity contribution in [1.29, 1.82) is 0 Å². The Kier molecular flexibility index (Phi) is 3.64. The zero-order valence-corrected chi connectivity index (χ0v) is 10.4. The van der Waals surface area contributed by atoms with E-state index < -0.39 is 22.9 Å². The van der Waals surface area contributed by atoms with Crippen molar-refractivity contribution < 1.29 is 13.2 Å². The fourth-order valence-corrected chi connectivity index (χ4v) is 1.46. The average molecular weight is 306 g/mol. The Morgan fingerprint density at radius 3 is 2.35 bits per heavy atom. The number of nitrogens with one attached hydrogen (secondary N) is 1. The van der Waals surface area contributed by atoms with Crippen molar-refractivity contribution in [2.24, 2.45) is 5.84 Å². The van der Waals surface area contributed by atoms with E-state index in [9.17, 15) is 18.0 Å². The molecule has 0 saturated carbocycles. The molecule has 1 heterocycles. The number of H-pyrrole nitrogens is 1. The molecule has 6 nitrogen and oxygen atoms in total. The van der Waals surface area contributed by atoms with Crippen LogP contribution >= 0.6 is 11.6 Å². The van der Waals surface area contributed by atoms with Crippen LogP contribution in [-0.4, -0.2) is 21.3 Å². The van der Waals surface area contributed by atoms with Crippen LogP contribution in [0.15, 0.2) is 29.1 Å². The Labute approximate surface area is 115 Å². The van der Waals surface area contributed by atoms with Crippen LogP contribution in [0.1, 0.15) is 0 Å². The molecule has 0 bridgehead atoms. The van der Waals surface area contributed by atoms with Gasteiger partial charge in [0.2, 0.25) is 0 Å². The summed E-state index contributed by atoms with van der Waals surface area (Å²) in [5.74, 6) is 3.77. The summed E-state index contributed by atoms with van der Waals surface area (Å²) in [5.41, 5.74) is -0.634. The van der Waals surface area contributed by atoms with Gasteiger partial charge in [-0.3, -0.25) is 4.98 Å². The summed E-state index contributed by atoms with van der Waals surface area (Å²) in [6.07, 6.45) is -4.90. The number of halogens is 4. The Bertz CT molecular complexity index is 670. The van der Waals surface area contributed by atoms with Gasteiger partial charge in [0.1, 0.15) is 5.82 Å². The second-order valence-electron chi connectivity index (χ2n) is 3.65. The van der Waals surface area contributed by atoms with Crippen molar-refractivity contribution in [2.75, 3.05) is 5.01 Å². The highest BCUT2D eigenvalue weighted by atomic mass is 35.5. The van der Waals surface area contributed by atoms with Crippen LogP contribution in [0.4, 0.5) is 19.1 Å². The van der Waals surface area contributed by atoms with E-state index in [0.717, 1.165) is 0 Å². The molecule has 0 unspecified atom stereocenters. The highest BCUT2D eigenvalue weighted by Crippen LogP contribution is 2.23. The standard InChI is InChI=1S/C10H7ClF3N5O/c11-6-3-1-5(2-4-6)7-16-8(18-9(20)17-7)19(15)10(12,13)14/h1-4H,15H2,(H,16,17,18,20). The van der Waals surface area contributed by atoms with E-state index in [0.29, 0.717) is 10.6 Å². The molecule has 20 heavy (non-hydrogen) atoms. The van der Waals surface area contributed by atoms with Crippen LogP contribution in [0.2, 0.25) is 5.02 Å². The lowest BCUT2D eigenvalue weighted by Gasteiger charge is -2.18. The Hall–Kier alpha value is -2.13. The van der Waals surface area contributed by atoms with Crippen molar-refractivity contribution in [3.05, 3.63) is 39.8 Å². The van der Waals surface area contributed by atoms with Crippen molar-refractivity contribution in [1.82, 2.24) is 15.0 Å². The van der Waals surface area contributed by atoms with Gasteiger partial charge < -0.3 is 0 Å². The molecule has 0 atom stereocenters. The summed E-state index contributed by atoms with van der Waals surface area (Å²) in [5, 5.41) is -0.206. The first-order chi connectivity index (χ1) is 9.27. The highest BCUT2D eigenvalue weighted by Gasteiger charge is 2.37. The van der Waals surface area contributed by atoms with Gasteiger partial charge in [0.05, 0.1) is 0 Å². The molecular weight excluding hydrogens is 299 g/mol. The van der Waals surface area contributed by atoms with Crippen LogP contribution in [0.25, 0.3) is 11.4 Å². The van der Waals surface area contributed by atoms with E-state index in [1.165, 1.54) is 24.3 Å². The minimum absolute atomic E-state index is 0.101. The SMILES string of the molecule is NN(c1nc(-c2ccc(Cl)cc2)[nH]c(=O)n1)C(F)(F)F. The van der Waals surface area contributed by atoms with E-state index in [-0.39, 0.29) is 5.82 Å². The van der Waals surface area contributed by atoms with Gasteiger partial charge in [0.15, 0.2) is 0 Å². The first-order valence-corrected chi connectivity index (χ1v) is 5.51. The molecule has 0 spiro atoms. The first-order valence-electron chi connectivity index (χ1n) is 5.13. The molecule has 0 fully saturated rings. The Morgan fingerprint density at radius 1 is 1.20 bits per heavy atom. The van der Waals surface area contributed by atoms with Gasteiger partial charge >= 0.3 is 12.0 Å². The van der Waals surface area contributed by atoms with Gasteiger partial charge in [-0.15, -0.1) is 13.2 Å². The largest absolute Gasteiger partial charge is 0.501 e. The maximum absolute atomic E-state index is 12.4. The van der Waals surface area contributed by atoms with Crippen molar-refractivity contribution >= 4 is 17.5 Å². The van der Waals surface area contributed by atoms with Crippen molar-refractivity contribution in [2.45, 2.75) is 6.30 Å². The number of alkyl halides is 3. The average Bonchev–Trinajstić information content (AvgIpc) is 2.37. The first kappa shape index (κ1) is 14.3. The molecule has 0 saturated heterocycles. The number of hydrazine groups is 1. The summed E-state index contributed by atoms with van der Waals surface area (Å²) >= 11 is 5.69. The molecule has 1 aromatic carbocycles. The van der Waals surface area contributed by atoms with Gasteiger partial charge in [0.25, 0.3) is 5.95 Å². The molecule has 0 aliphatic rings. The lowest BCUT2D eigenvalue weighted by Crippen LogP contribution is -2.46. The van der Waals surface area contributed by atoms with Gasteiger partial charge in [-0.1, -0.05) is 11.6 Å². The highest BCUT2D eigenvalue weighted by molar-refractivity contribution is 6.30. The zero-order chi connectivity index (χ0) is 14.9. The van der Waals surface area contributed by atoms with E-state index in [4.69, 9.17) is 17.4 Å². The molecule has 0 radical (unpaired) electrons. The maximum atomic E-state index is 12.4. The number of rotatable bonds is 2. The van der Waals surface area contributed by atoms with Crippen LogP contribution in [0, 0.1) is 0 Å². The van der Waals surface area contributed by atoms with Gasteiger partial charge in [0, 0.05) is 10.6 Å². The van der Waals surface area contributed by atoms with E-state index in [2.05, 4.69) is 15.0 Å². The fourth-order valence-electron chi connectivity index (χ4n) is 1.34. The Morgan fingerprint density at radius 2 is 1.80 bits per heavy atom. The summed E-state index contributed by atoms with van der Waals surface area (Å²) in [6, 6.07) is 5.97. The minimum atomic E-state index is -4.90. The molecule has 2 rings (SSSR count). The van der Waals surface area contributed by atoms with E-state index in [1.807, 2.05) is 0 Å². The lowest BCUT2D eigenvalue weighted by molar-refractivity contribution is -0.130. The third-order valence-corrected chi connectivity index (χ3v) is 2.50. The second kappa shape index (κ2) is 5.10. The number of nitrogens with two attached hydrogens (primary N) is 1. The summed E-state index contributed by atoms with van der Waals surface area (Å²) in [4.78, 5) is 20.2. The maximum Gasteiger partial charge on any atom is 0.501 e. The topological polar surface area (TPSA) is 87.9 Å². The number of aromatic amines is 1. The summed E-state index contributed by atoms with van der Waals surface area (Å²) < 4.78 is 37.3. The quantitative estimate of drug-likeness (QED) is 0.501. The predicted octanol–water partition coefficient (Wildman–Crippen LogP) is 1.69. The monoisotopic (exact) mass is 305 g/mol. The molecule has 1 aromatic heterocycles. The van der Waals surface area contributed by atoms with Gasteiger partial charge in [-0.2, -0.15) is 15.0 Å². The van der Waals surface area contributed by atoms with Gasteiger partial charge in [-0.25, -0.2) is 10.6 Å². The number of nitrogens with zero attached hydrogens (tertiary/aromatic N) is 3.